The lowest BCUT2D eigenvalue weighted by atomic mass is 10.3. The van der Waals surface area contributed by atoms with E-state index >= 15 is 0 Å². The zero-order valence-electron chi connectivity index (χ0n) is 10.4. The van der Waals surface area contributed by atoms with E-state index in [1.165, 1.54) is 6.07 Å². The molecule has 4 N–H and O–H groups in total. The van der Waals surface area contributed by atoms with Gasteiger partial charge in [0.2, 0.25) is 10.0 Å². The number of nitrogens with two attached hydrogens (primary N) is 1. The van der Waals surface area contributed by atoms with Crippen LogP contribution in [0.1, 0.15) is 6.42 Å². The number of nitrogens with one attached hydrogen (secondary N) is 1. The number of rotatable bonds is 4. The normalized spacial score (nSPS) is 20.0. The van der Waals surface area contributed by atoms with E-state index in [0.717, 1.165) is 16.4 Å². The Kier molecular flexibility index (Phi) is 3.90. The maximum Gasteiger partial charge on any atom is 0.289 e. The largest absolute Gasteiger partial charge is 0.392 e. The first-order valence-electron chi connectivity index (χ1n) is 5.79. The van der Waals surface area contributed by atoms with Gasteiger partial charge in [-0.1, -0.05) is 0 Å². The quantitative estimate of drug-likeness (QED) is 0.392. The fraction of sp³-hybridized carbons (Fsp3) is 0.400. The van der Waals surface area contributed by atoms with Crippen LogP contribution in [0.5, 0.6) is 0 Å². The van der Waals surface area contributed by atoms with Gasteiger partial charge in [0, 0.05) is 19.2 Å². The molecule has 0 bridgehead atoms. The van der Waals surface area contributed by atoms with Gasteiger partial charge >= 0.3 is 0 Å². The van der Waals surface area contributed by atoms with E-state index in [2.05, 4.69) is 5.43 Å². The molecule has 1 aliphatic heterocycles. The fourth-order valence-corrected chi connectivity index (χ4v) is 3.70. The number of aliphatic hydroxyl groups excluding tert-OH is 1. The molecule has 0 saturated carbocycles. The molecule has 0 aromatic heterocycles. The van der Waals surface area contributed by atoms with Crippen LogP contribution in [0, 0.1) is 10.1 Å². The summed E-state index contributed by atoms with van der Waals surface area (Å²) in [5.74, 6) is 5.20. The molecule has 1 aromatic carbocycles. The molecule has 1 aliphatic rings. The van der Waals surface area contributed by atoms with E-state index in [-0.39, 0.29) is 18.8 Å². The van der Waals surface area contributed by atoms with E-state index in [1.807, 2.05) is 0 Å². The van der Waals surface area contributed by atoms with Crippen molar-refractivity contribution in [3.63, 3.8) is 0 Å². The minimum absolute atomic E-state index is 0.0697. The number of aliphatic hydroxyl groups is 1. The van der Waals surface area contributed by atoms with Gasteiger partial charge in [0.15, 0.2) is 4.90 Å². The van der Waals surface area contributed by atoms with Crippen LogP contribution in [0.2, 0.25) is 0 Å². The molecule has 0 amide bonds. The summed E-state index contributed by atoms with van der Waals surface area (Å²) >= 11 is 0. The van der Waals surface area contributed by atoms with Gasteiger partial charge < -0.3 is 10.5 Å². The first kappa shape index (κ1) is 14.7. The summed E-state index contributed by atoms with van der Waals surface area (Å²) < 4.78 is 25.9. The Morgan fingerprint density at radius 2 is 2.20 bits per heavy atom. The van der Waals surface area contributed by atoms with Gasteiger partial charge in [-0.25, -0.2) is 8.42 Å². The van der Waals surface area contributed by atoms with Crippen LogP contribution in [0.15, 0.2) is 23.1 Å². The highest BCUT2D eigenvalue weighted by Crippen LogP contribution is 2.30. The zero-order valence-corrected chi connectivity index (χ0v) is 11.2. The van der Waals surface area contributed by atoms with E-state index < -0.39 is 31.6 Å². The summed E-state index contributed by atoms with van der Waals surface area (Å²) in [4.78, 5) is 9.77. The maximum atomic E-state index is 12.4. The van der Waals surface area contributed by atoms with E-state index in [4.69, 9.17) is 5.84 Å². The number of hydrazine groups is 1. The van der Waals surface area contributed by atoms with Crippen molar-refractivity contribution in [2.75, 3.05) is 18.5 Å². The molecule has 1 aromatic rings. The third-order valence-corrected chi connectivity index (χ3v) is 4.96. The second-order valence-corrected chi connectivity index (χ2v) is 6.30. The van der Waals surface area contributed by atoms with Gasteiger partial charge in [0.1, 0.15) is 0 Å². The van der Waals surface area contributed by atoms with Crippen LogP contribution < -0.4 is 11.3 Å². The Bertz CT molecular complexity index is 633. The van der Waals surface area contributed by atoms with Gasteiger partial charge in [-0.05, 0) is 18.6 Å². The number of anilines is 1. The van der Waals surface area contributed by atoms with Crippen LogP contribution in [-0.4, -0.2) is 41.9 Å². The SMILES string of the molecule is NNc1ccc([N+](=O)[O-])c(S(=O)(=O)N2CCC(O)C2)c1. The fourth-order valence-electron chi connectivity index (χ4n) is 2.03. The molecule has 9 nitrogen and oxygen atoms in total. The number of benzene rings is 1. The number of nitrogens with zero attached hydrogens (tertiary/aromatic N) is 2. The first-order valence-corrected chi connectivity index (χ1v) is 7.23. The average Bonchev–Trinajstić information content (AvgIpc) is 2.85. The summed E-state index contributed by atoms with van der Waals surface area (Å²) in [5.41, 5.74) is 1.97. The lowest BCUT2D eigenvalue weighted by Crippen LogP contribution is -2.30. The van der Waals surface area contributed by atoms with Crippen molar-refractivity contribution in [1.29, 1.82) is 0 Å². The van der Waals surface area contributed by atoms with Crippen molar-refractivity contribution >= 4 is 21.4 Å². The zero-order chi connectivity index (χ0) is 14.9. The lowest BCUT2D eigenvalue weighted by Gasteiger charge is -2.16. The molecular formula is C10H14N4O5S. The van der Waals surface area contributed by atoms with Gasteiger partial charge in [0.05, 0.1) is 16.7 Å². The number of hydrogen-bond acceptors (Lipinski definition) is 7. The first-order chi connectivity index (χ1) is 9.36. The Hall–Kier alpha value is -1.75. The average molecular weight is 302 g/mol. The highest BCUT2D eigenvalue weighted by molar-refractivity contribution is 7.89. The molecule has 1 unspecified atom stereocenters. The summed E-state index contributed by atoms with van der Waals surface area (Å²) in [6, 6.07) is 3.50. The monoisotopic (exact) mass is 302 g/mol. The second-order valence-electron chi connectivity index (χ2n) is 4.39. The maximum absolute atomic E-state index is 12.4. The van der Waals surface area contributed by atoms with Crippen molar-refractivity contribution in [2.24, 2.45) is 5.84 Å². The number of β-amino-alcohol motifs (C(OH)–C–C–N with tert-alkyl or cyclic N) is 1. The molecule has 10 heteroatoms. The van der Waals surface area contributed by atoms with Gasteiger partial charge in [-0.3, -0.25) is 16.0 Å². The highest BCUT2D eigenvalue weighted by Gasteiger charge is 2.36. The minimum Gasteiger partial charge on any atom is -0.392 e. The molecule has 0 radical (unpaired) electrons. The van der Waals surface area contributed by atoms with E-state index in [1.54, 1.807) is 0 Å². The van der Waals surface area contributed by atoms with Crippen molar-refractivity contribution in [1.82, 2.24) is 4.31 Å². The number of sulfonamides is 1. The molecule has 110 valence electrons. The Morgan fingerprint density at radius 3 is 2.70 bits per heavy atom. The molecule has 1 fully saturated rings. The van der Waals surface area contributed by atoms with Crippen LogP contribution >= 0.6 is 0 Å². The molecule has 0 spiro atoms. The second kappa shape index (κ2) is 5.32. The molecular weight excluding hydrogens is 288 g/mol. The summed E-state index contributed by atoms with van der Waals surface area (Å²) in [6.45, 7) is 0.0563. The van der Waals surface area contributed by atoms with Crippen LogP contribution in [0.25, 0.3) is 0 Å². The predicted molar refractivity (Wildman–Crippen MR) is 70.3 cm³/mol. The third kappa shape index (κ3) is 2.58. The number of nitro benzene ring substituents is 1. The number of nitro groups is 1. The smallest absolute Gasteiger partial charge is 0.289 e. The lowest BCUT2D eigenvalue weighted by molar-refractivity contribution is -0.387. The molecule has 1 atom stereocenters. The van der Waals surface area contributed by atoms with E-state index in [0.29, 0.717) is 6.42 Å². The summed E-state index contributed by atoms with van der Waals surface area (Å²) in [5, 5.41) is 20.4. The molecule has 20 heavy (non-hydrogen) atoms. The van der Waals surface area contributed by atoms with Gasteiger partial charge in [-0.15, -0.1) is 0 Å². The highest BCUT2D eigenvalue weighted by atomic mass is 32.2. The predicted octanol–water partition coefficient (Wildman–Crippen LogP) is -0.364. The van der Waals surface area contributed by atoms with Crippen molar-refractivity contribution in [2.45, 2.75) is 17.4 Å². The van der Waals surface area contributed by atoms with Crippen LogP contribution in [0.3, 0.4) is 0 Å². The van der Waals surface area contributed by atoms with Gasteiger partial charge in [-0.2, -0.15) is 4.31 Å². The topological polar surface area (TPSA) is 139 Å². The molecule has 1 heterocycles. The Morgan fingerprint density at radius 1 is 1.50 bits per heavy atom. The number of nitrogen functional groups attached to an aromatic ring is 1. The number of hydrogen-bond donors (Lipinski definition) is 3. The third-order valence-electron chi connectivity index (χ3n) is 3.07. The van der Waals surface area contributed by atoms with Crippen LogP contribution in [0.4, 0.5) is 11.4 Å². The van der Waals surface area contributed by atoms with E-state index in [9.17, 15) is 23.6 Å². The standard InChI is InChI=1S/C10H14N4O5S/c11-12-7-1-2-9(14(16)17)10(5-7)20(18,19)13-4-3-8(15)6-13/h1-2,5,8,12,15H,3-4,6,11H2. The van der Waals surface area contributed by atoms with Crippen molar-refractivity contribution < 1.29 is 18.4 Å². The van der Waals surface area contributed by atoms with Gasteiger partial charge in [0.25, 0.3) is 5.69 Å². The summed E-state index contributed by atoms with van der Waals surface area (Å²) in [7, 11) is -4.04. The molecule has 1 saturated heterocycles. The Labute approximate surface area is 115 Å². The van der Waals surface area contributed by atoms with Crippen molar-refractivity contribution in [3.05, 3.63) is 28.3 Å². The molecule has 0 aliphatic carbocycles. The molecule has 2 rings (SSSR count). The Balaban J connectivity index is 2.52. The minimum atomic E-state index is -4.04. The van der Waals surface area contributed by atoms with Crippen LogP contribution in [-0.2, 0) is 10.0 Å². The summed E-state index contributed by atoms with van der Waals surface area (Å²) in [6.07, 6.45) is -0.443. The van der Waals surface area contributed by atoms with Crippen molar-refractivity contribution in [3.8, 4) is 0 Å².